The lowest BCUT2D eigenvalue weighted by Gasteiger charge is -2.05. The van der Waals surface area contributed by atoms with Crippen LogP contribution in [0.15, 0.2) is 0 Å². The Bertz CT molecular complexity index is 573. The van der Waals surface area contributed by atoms with Gasteiger partial charge in [-0.05, 0) is 0 Å². The molecule has 0 radical (unpaired) electrons. The van der Waals surface area contributed by atoms with E-state index in [0.717, 1.165) is 6.07 Å². The maximum atomic E-state index is 13.3. The van der Waals surface area contributed by atoms with Gasteiger partial charge in [-0.1, -0.05) is 0 Å². The third-order valence-electron chi connectivity index (χ3n) is 1.90. The number of nitriles is 3. The topological polar surface area (TPSA) is 71.4 Å². The molecule has 0 bridgehead atoms. The Morgan fingerprint density at radius 3 is 1.81 bits per heavy atom. The second-order valence-corrected chi connectivity index (χ2v) is 2.73. The Morgan fingerprint density at radius 2 is 1.38 bits per heavy atom. The molecule has 3 nitrogen and oxygen atoms in total. The SMILES string of the molecule is N#CCc1c(F)c(F)c(C#N)c(F)c1C#N. The molecule has 78 valence electrons. The molecule has 0 saturated carbocycles. The van der Waals surface area contributed by atoms with Crippen molar-refractivity contribution >= 4 is 0 Å². The van der Waals surface area contributed by atoms with E-state index in [1.165, 1.54) is 12.1 Å². The van der Waals surface area contributed by atoms with Crippen LogP contribution in [0.1, 0.15) is 16.7 Å². The lowest BCUT2D eigenvalue weighted by molar-refractivity contribution is 0.482. The molecule has 0 heterocycles. The van der Waals surface area contributed by atoms with Gasteiger partial charge in [0.25, 0.3) is 0 Å². The minimum atomic E-state index is -1.68. The van der Waals surface area contributed by atoms with Gasteiger partial charge in [0.15, 0.2) is 17.5 Å². The van der Waals surface area contributed by atoms with E-state index in [4.69, 9.17) is 15.8 Å². The van der Waals surface area contributed by atoms with Crippen LogP contribution >= 0.6 is 0 Å². The Balaban J connectivity index is 3.75. The Morgan fingerprint density at radius 1 is 0.812 bits per heavy atom. The first kappa shape index (κ1) is 11.6. The van der Waals surface area contributed by atoms with Gasteiger partial charge in [0.2, 0.25) is 0 Å². The highest BCUT2D eigenvalue weighted by Crippen LogP contribution is 2.24. The molecule has 0 saturated heterocycles. The van der Waals surface area contributed by atoms with Crippen molar-refractivity contribution in [2.24, 2.45) is 0 Å². The van der Waals surface area contributed by atoms with E-state index in [9.17, 15) is 13.2 Å². The van der Waals surface area contributed by atoms with Crippen molar-refractivity contribution in [2.45, 2.75) is 6.42 Å². The van der Waals surface area contributed by atoms with Crippen molar-refractivity contribution in [1.82, 2.24) is 0 Å². The van der Waals surface area contributed by atoms with Crippen LogP contribution in [-0.2, 0) is 6.42 Å². The first-order valence-electron chi connectivity index (χ1n) is 3.94. The summed E-state index contributed by atoms with van der Waals surface area (Å²) >= 11 is 0. The van der Waals surface area contributed by atoms with Crippen molar-refractivity contribution in [1.29, 1.82) is 15.8 Å². The number of hydrogen-bond acceptors (Lipinski definition) is 3. The molecular weight excluding hydrogens is 219 g/mol. The van der Waals surface area contributed by atoms with Gasteiger partial charge in [-0.3, -0.25) is 0 Å². The summed E-state index contributed by atoms with van der Waals surface area (Å²) < 4.78 is 39.7. The Hall–Kier alpha value is -2.52. The van der Waals surface area contributed by atoms with E-state index in [-0.39, 0.29) is 0 Å². The van der Waals surface area contributed by atoms with Crippen molar-refractivity contribution in [3.8, 4) is 18.2 Å². The van der Waals surface area contributed by atoms with E-state index in [0.29, 0.717) is 0 Å². The molecule has 0 aromatic heterocycles. The molecule has 0 atom stereocenters. The molecule has 0 amide bonds. The maximum Gasteiger partial charge on any atom is 0.179 e. The monoisotopic (exact) mass is 221 g/mol. The summed E-state index contributed by atoms with van der Waals surface area (Å²) in [7, 11) is 0. The summed E-state index contributed by atoms with van der Waals surface area (Å²) in [6, 6.07) is 3.92. The third kappa shape index (κ3) is 1.55. The molecule has 1 aromatic carbocycles. The third-order valence-corrected chi connectivity index (χ3v) is 1.90. The summed E-state index contributed by atoms with van der Waals surface area (Å²) in [6.07, 6.45) is -0.645. The highest BCUT2D eigenvalue weighted by atomic mass is 19.2. The molecule has 0 aliphatic heterocycles. The van der Waals surface area contributed by atoms with Crippen LogP contribution in [0.25, 0.3) is 0 Å². The summed E-state index contributed by atoms with van der Waals surface area (Å²) in [5.41, 5.74) is -2.63. The Kier molecular flexibility index (Phi) is 3.13. The van der Waals surface area contributed by atoms with Crippen LogP contribution in [0.2, 0.25) is 0 Å². The van der Waals surface area contributed by atoms with Crippen LogP contribution in [0.3, 0.4) is 0 Å². The molecule has 1 aromatic rings. The van der Waals surface area contributed by atoms with Crippen LogP contribution in [0, 0.1) is 51.4 Å². The van der Waals surface area contributed by atoms with Gasteiger partial charge in [-0.15, -0.1) is 0 Å². The molecule has 16 heavy (non-hydrogen) atoms. The quantitative estimate of drug-likeness (QED) is 0.680. The number of nitrogens with zero attached hydrogens (tertiary/aromatic N) is 3. The van der Waals surface area contributed by atoms with E-state index in [1.807, 2.05) is 0 Å². The molecule has 0 aliphatic rings. The highest BCUT2D eigenvalue weighted by molar-refractivity contribution is 5.48. The number of halogens is 3. The van der Waals surface area contributed by atoms with Crippen LogP contribution in [0.5, 0.6) is 0 Å². The molecule has 0 spiro atoms. The van der Waals surface area contributed by atoms with Gasteiger partial charge >= 0.3 is 0 Å². The van der Waals surface area contributed by atoms with E-state index in [1.54, 1.807) is 0 Å². The summed E-state index contributed by atoms with van der Waals surface area (Å²) in [5, 5.41) is 25.3. The molecule has 0 unspecified atom stereocenters. The van der Waals surface area contributed by atoms with Gasteiger partial charge in [-0.25, -0.2) is 13.2 Å². The first-order valence-corrected chi connectivity index (χ1v) is 3.94. The first-order chi connectivity index (χ1) is 7.58. The number of hydrogen-bond donors (Lipinski definition) is 0. The van der Waals surface area contributed by atoms with Gasteiger partial charge in [0, 0.05) is 5.56 Å². The lowest BCUT2D eigenvalue weighted by atomic mass is 10.0. The van der Waals surface area contributed by atoms with Crippen molar-refractivity contribution in [3.05, 3.63) is 34.1 Å². The van der Waals surface area contributed by atoms with Crippen molar-refractivity contribution in [3.63, 3.8) is 0 Å². The van der Waals surface area contributed by atoms with Crippen LogP contribution in [0.4, 0.5) is 13.2 Å². The number of benzene rings is 1. The van der Waals surface area contributed by atoms with Gasteiger partial charge in [0.05, 0.1) is 18.1 Å². The predicted octanol–water partition coefficient (Wildman–Crippen LogP) is 1.91. The average molecular weight is 221 g/mol. The largest absolute Gasteiger partial charge is 0.204 e. The fraction of sp³-hybridized carbons (Fsp3) is 0.100. The zero-order chi connectivity index (χ0) is 12.3. The van der Waals surface area contributed by atoms with Crippen molar-refractivity contribution < 1.29 is 13.2 Å². The number of rotatable bonds is 1. The average Bonchev–Trinajstić information content (AvgIpc) is 2.27. The molecule has 0 N–H and O–H groups in total. The molecule has 1 rings (SSSR count). The second-order valence-electron chi connectivity index (χ2n) is 2.73. The van der Waals surface area contributed by atoms with E-state index in [2.05, 4.69) is 0 Å². The minimum absolute atomic E-state index is 0.645. The highest BCUT2D eigenvalue weighted by Gasteiger charge is 2.24. The van der Waals surface area contributed by atoms with E-state index >= 15 is 0 Å². The lowest BCUT2D eigenvalue weighted by Crippen LogP contribution is -2.06. The summed E-state index contributed by atoms with van der Waals surface area (Å²) in [6.45, 7) is 0. The van der Waals surface area contributed by atoms with Crippen LogP contribution < -0.4 is 0 Å². The Labute approximate surface area is 88.6 Å². The normalized spacial score (nSPS) is 9.00. The van der Waals surface area contributed by atoms with Crippen LogP contribution in [-0.4, -0.2) is 0 Å². The summed E-state index contributed by atoms with van der Waals surface area (Å²) in [5.74, 6) is -4.64. The zero-order valence-corrected chi connectivity index (χ0v) is 7.68. The molecule has 0 fully saturated rings. The maximum absolute atomic E-state index is 13.3. The smallest absolute Gasteiger partial charge is 0.179 e. The fourth-order valence-corrected chi connectivity index (χ4v) is 1.17. The predicted molar refractivity (Wildman–Crippen MR) is 45.1 cm³/mol. The minimum Gasteiger partial charge on any atom is -0.204 e. The van der Waals surface area contributed by atoms with Gasteiger partial charge < -0.3 is 0 Å². The summed E-state index contributed by atoms with van der Waals surface area (Å²) in [4.78, 5) is 0. The molecule has 0 aliphatic carbocycles. The zero-order valence-electron chi connectivity index (χ0n) is 7.68. The van der Waals surface area contributed by atoms with Gasteiger partial charge in [-0.2, -0.15) is 15.8 Å². The van der Waals surface area contributed by atoms with Crippen molar-refractivity contribution in [2.75, 3.05) is 0 Å². The second kappa shape index (κ2) is 4.33. The standard InChI is InChI=1S/C10H2F3N3/c11-8-6(3-15)5(1-2-14)9(12)10(13)7(8)4-16/h1H2. The van der Waals surface area contributed by atoms with E-state index < -0.39 is 40.6 Å². The fourth-order valence-electron chi connectivity index (χ4n) is 1.17. The van der Waals surface area contributed by atoms with Gasteiger partial charge in [0.1, 0.15) is 17.7 Å². The molecular formula is C10H2F3N3. The molecule has 6 heteroatoms.